The number of nitrogens with one attached hydrogen (secondary N) is 1. The smallest absolute Gasteiger partial charge is 0.150 e. The summed E-state index contributed by atoms with van der Waals surface area (Å²) in [6.45, 7) is 1.98. The quantitative estimate of drug-likeness (QED) is 0.696. The molecule has 1 aromatic rings. The number of aliphatic hydroxyl groups is 1. The average molecular weight is 217 g/mol. The van der Waals surface area contributed by atoms with Crippen molar-refractivity contribution >= 4 is 23.2 Å². The summed E-state index contributed by atoms with van der Waals surface area (Å²) in [4.78, 5) is 7.66. The predicted molar refractivity (Wildman–Crippen MR) is 56.2 cm³/mol. The molecular weight excluding hydrogens is 204 g/mol. The van der Waals surface area contributed by atoms with E-state index in [1.54, 1.807) is 0 Å². The zero-order valence-corrected chi connectivity index (χ0v) is 8.62. The van der Waals surface area contributed by atoms with Crippen LogP contribution in [-0.4, -0.2) is 27.7 Å². The standard InChI is InChI=1S/C8H13ClN4O/c1-2-5(3-14)13-8-6(9)7(10)11-4-12-8/h4-5,14H,2-3H2,1H3,(H3,10,11,12,13)/t5-/m1/s1. The van der Waals surface area contributed by atoms with Crippen molar-refractivity contribution in [3.8, 4) is 0 Å². The Bertz CT molecular complexity index is 303. The minimum absolute atomic E-state index is 0.0245. The maximum atomic E-state index is 8.97. The first-order valence-corrected chi connectivity index (χ1v) is 4.70. The number of hydrogen-bond acceptors (Lipinski definition) is 5. The molecule has 1 atom stereocenters. The number of rotatable bonds is 4. The van der Waals surface area contributed by atoms with Crippen LogP contribution in [0.4, 0.5) is 11.6 Å². The summed E-state index contributed by atoms with van der Waals surface area (Å²) in [5, 5.41) is 12.2. The van der Waals surface area contributed by atoms with Gasteiger partial charge in [-0.3, -0.25) is 0 Å². The second-order valence-electron chi connectivity index (χ2n) is 2.85. The number of nitrogens with two attached hydrogens (primary N) is 1. The molecule has 0 aliphatic heterocycles. The third-order valence-electron chi connectivity index (χ3n) is 1.87. The highest BCUT2D eigenvalue weighted by Crippen LogP contribution is 2.23. The maximum absolute atomic E-state index is 8.97. The zero-order valence-electron chi connectivity index (χ0n) is 7.87. The summed E-state index contributed by atoms with van der Waals surface area (Å²) in [5.41, 5.74) is 5.49. The molecule has 0 aliphatic carbocycles. The topological polar surface area (TPSA) is 84.1 Å². The molecule has 0 bridgehead atoms. The first kappa shape index (κ1) is 11.0. The highest BCUT2D eigenvalue weighted by atomic mass is 35.5. The molecular formula is C8H13ClN4O. The first-order chi connectivity index (χ1) is 6.69. The maximum Gasteiger partial charge on any atom is 0.150 e. The van der Waals surface area contributed by atoms with Gasteiger partial charge in [-0.25, -0.2) is 9.97 Å². The van der Waals surface area contributed by atoms with Gasteiger partial charge in [0.05, 0.1) is 12.6 Å². The van der Waals surface area contributed by atoms with Gasteiger partial charge in [-0.2, -0.15) is 0 Å². The van der Waals surface area contributed by atoms with E-state index in [0.717, 1.165) is 6.42 Å². The Morgan fingerprint density at radius 1 is 1.64 bits per heavy atom. The van der Waals surface area contributed by atoms with Crippen LogP contribution < -0.4 is 11.1 Å². The number of aliphatic hydroxyl groups excluding tert-OH is 1. The average Bonchev–Trinajstić information content (AvgIpc) is 2.20. The van der Waals surface area contributed by atoms with Crippen LogP contribution in [0, 0.1) is 0 Å². The van der Waals surface area contributed by atoms with Crippen molar-refractivity contribution in [2.75, 3.05) is 17.7 Å². The molecule has 0 fully saturated rings. The molecule has 6 heteroatoms. The number of halogens is 1. The summed E-state index contributed by atoms with van der Waals surface area (Å²) in [6, 6.07) is -0.0678. The van der Waals surface area contributed by atoms with Crippen molar-refractivity contribution in [1.82, 2.24) is 9.97 Å². The largest absolute Gasteiger partial charge is 0.394 e. The summed E-state index contributed by atoms with van der Waals surface area (Å²) in [5.74, 6) is 0.692. The number of aromatic nitrogens is 2. The lowest BCUT2D eigenvalue weighted by molar-refractivity contribution is 0.271. The van der Waals surface area contributed by atoms with Crippen LogP contribution in [0.25, 0.3) is 0 Å². The van der Waals surface area contributed by atoms with Crippen LogP contribution in [0.3, 0.4) is 0 Å². The van der Waals surface area contributed by atoms with Crippen molar-refractivity contribution in [3.63, 3.8) is 0 Å². The van der Waals surface area contributed by atoms with Gasteiger partial charge in [0.2, 0.25) is 0 Å². The molecule has 0 saturated heterocycles. The Morgan fingerprint density at radius 3 is 2.93 bits per heavy atom. The Labute approximate surface area is 87.3 Å². The minimum Gasteiger partial charge on any atom is -0.394 e. The van der Waals surface area contributed by atoms with Gasteiger partial charge in [-0.05, 0) is 6.42 Å². The van der Waals surface area contributed by atoms with Gasteiger partial charge in [0.25, 0.3) is 0 Å². The van der Waals surface area contributed by atoms with Crippen molar-refractivity contribution in [2.24, 2.45) is 0 Å². The van der Waals surface area contributed by atoms with Gasteiger partial charge < -0.3 is 16.2 Å². The van der Waals surface area contributed by atoms with Gasteiger partial charge in [0.15, 0.2) is 5.82 Å². The molecule has 0 aromatic carbocycles. The summed E-state index contributed by atoms with van der Waals surface area (Å²) in [6.07, 6.45) is 2.10. The number of anilines is 2. The highest BCUT2D eigenvalue weighted by Gasteiger charge is 2.10. The number of hydrogen-bond donors (Lipinski definition) is 3. The SMILES string of the molecule is CC[C@H](CO)Nc1ncnc(N)c1Cl. The van der Waals surface area contributed by atoms with E-state index < -0.39 is 0 Å². The summed E-state index contributed by atoms with van der Waals surface area (Å²) in [7, 11) is 0. The van der Waals surface area contributed by atoms with Crippen LogP contribution in [-0.2, 0) is 0 Å². The fraction of sp³-hybridized carbons (Fsp3) is 0.500. The van der Waals surface area contributed by atoms with Gasteiger partial charge in [0, 0.05) is 0 Å². The van der Waals surface area contributed by atoms with Crippen LogP contribution in [0.15, 0.2) is 6.33 Å². The molecule has 5 nitrogen and oxygen atoms in total. The van der Waals surface area contributed by atoms with Crippen LogP contribution in [0.5, 0.6) is 0 Å². The van der Waals surface area contributed by atoms with E-state index in [4.69, 9.17) is 22.4 Å². The second kappa shape index (κ2) is 4.97. The van der Waals surface area contributed by atoms with Crippen LogP contribution in [0.2, 0.25) is 5.02 Å². The van der Waals surface area contributed by atoms with Gasteiger partial charge in [-0.1, -0.05) is 18.5 Å². The molecule has 0 amide bonds. The summed E-state index contributed by atoms with van der Waals surface area (Å²) >= 11 is 5.86. The van der Waals surface area contributed by atoms with E-state index in [1.165, 1.54) is 6.33 Å². The number of nitrogen functional groups attached to an aromatic ring is 1. The normalized spacial score (nSPS) is 12.5. The molecule has 1 aromatic heterocycles. The van der Waals surface area contributed by atoms with Crippen molar-refractivity contribution < 1.29 is 5.11 Å². The Morgan fingerprint density at radius 2 is 2.36 bits per heavy atom. The highest BCUT2D eigenvalue weighted by molar-refractivity contribution is 6.35. The summed E-state index contributed by atoms with van der Waals surface area (Å²) < 4.78 is 0. The van der Waals surface area contributed by atoms with Crippen molar-refractivity contribution in [2.45, 2.75) is 19.4 Å². The van der Waals surface area contributed by atoms with Crippen LogP contribution in [0.1, 0.15) is 13.3 Å². The van der Waals surface area contributed by atoms with E-state index >= 15 is 0 Å². The fourth-order valence-corrected chi connectivity index (χ4v) is 1.11. The first-order valence-electron chi connectivity index (χ1n) is 4.32. The Balaban J connectivity index is 2.80. The molecule has 0 aliphatic rings. The van der Waals surface area contributed by atoms with Gasteiger partial charge in [0.1, 0.15) is 17.2 Å². The van der Waals surface area contributed by atoms with Gasteiger partial charge >= 0.3 is 0 Å². The molecule has 4 N–H and O–H groups in total. The number of nitrogens with zero attached hydrogens (tertiary/aromatic N) is 2. The van der Waals surface area contributed by atoms with Crippen LogP contribution >= 0.6 is 11.6 Å². The third-order valence-corrected chi connectivity index (χ3v) is 2.24. The molecule has 0 radical (unpaired) electrons. The van der Waals surface area contributed by atoms with Crippen molar-refractivity contribution in [3.05, 3.63) is 11.3 Å². The van der Waals surface area contributed by atoms with E-state index in [2.05, 4.69) is 15.3 Å². The fourth-order valence-electron chi connectivity index (χ4n) is 0.954. The Hall–Kier alpha value is -1.07. The lowest BCUT2D eigenvalue weighted by Gasteiger charge is -2.15. The Kier molecular flexibility index (Phi) is 3.91. The molecule has 1 heterocycles. The predicted octanol–water partition coefficient (Wildman–Crippen LogP) is 0.895. The second-order valence-corrected chi connectivity index (χ2v) is 3.23. The molecule has 78 valence electrons. The van der Waals surface area contributed by atoms with E-state index in [0.29, 0.717) is 10.8 Å². The molecule has 0 spiro atoms. The molecule has 0 unspecified atom stereocenters. The van der Waals surface area contributed by atoms with Gasteiger partial charge in [-0.15, -0.1) is 0 Å². The van der Waals surface area contributed by atoms with E-state index in [-0.39, 0.29) is 18.5 Å². The van der Waals surface area contributed by atoms with E-state index in [9.17, 15) is 0 Å². The molecule has 14 heavy (non-hydrogen) atoms. The van der Waals surface area contributed by atoms with Crippen molar-refractivity contribution in [1.29, 1.82) is 0 Å². The lowest BCUT2D eigenvalue weighted by atomic mass is 10.2. The minimum atomic E-state index is -0.0678. The zero-order chi connectivity index (χ0) is 10.6. The molecule has 0 saturated carbocycles. The van der Waals surface area contributed by atoms with E-state index in [1.807, 2.05) is 6.92 Å². The monoisotopic (exact) mass is 216 g/mol. The lowest BCUT2D eigenvalue weighted by Crippen LogP contribution is -2.23. The molecule has 1 rings (SSSR count). The third kappa shape index (κ3) is 2.46.